The normalized spacial score (nSPS) is 14.1. The number of carbonyl (C=O) groups excluding carboxylic acids is 4. The van der Waals surface area contributed by atoms with Crippen LogP contribution in [0.15, 0.2) is 54.6 Å². The van der Waals surface area contributed by atoms with Gasteiger partial charge in [0.15, 0.2) is 0 Å². The van der Waals surface area contributed by atoms with Gasteiger partial charge in [0.25, 0.3) is 5.91 Å². The van der Waals surface area contributed by atoms with E-state index in [2.05, 4.69) is 10.6 Å². The van der Waals surface area contributed by atoms with Gasteiger partial charge in [0, 0.05) is 37.4 Å². The number of hydrogen-bond donors (Lipinski definition) is 3. The Morgan fingerprint density at radius 1 is 0.971 bits per heavy atom. The maximum atomic E-state index is 12.9. The molecule has 10 nitrogen and oxygen atoms in total. The number of aryl methyl sites for hydroxylation is 1. The van der Waals surface area contributed by atoms with Crippen molar-refractivity contribution in [1.82, 2.24) is 15.1 Å². The van der Waals surface area contributed by atoms with Crippen LogP contribution in [0.2, 0.25) is 0 Å². The molecule has 10 heteroatoms. The molecular weight excluding hydrogens is 450 g/mol. The lowest BCUT2D eigenvalue weighted by Crippen LogP contribution is -2.50. The fraction of sp³-hybridized carbons (Fsp3) is 0.360. The highest BCUT2D eigenvalue weighted by molar-refractivity contribution is 5.97. The molecule has 2 aromatic rings. The molecule has 1 aliphatic heterocycles. The van der Waals surface area contributed by atoms with Crippen molar-refractivity contribution in [2.24, 2.45) is 5.73 Å². The lowest BCUT2D eigenvalue weighted by Gasteiger charge is -2.34. The van der Waals surface area contributed by atoms with E-state index in [1.165, 1.54) is 0 Å². The average Bonchev–Trinajstić information content (AvgIpc) is 2.87. The van der Waals surface area contributed by atoms with Crippen molar-refractivity contribution in [3.05, 3.63) is 65.7 Å². The molecule has 1 fully saturated rings. The smallest absolute Gasteiger partial charge is 0.409 e. The lowest BCUT2D eigenvalue weighted by atomic mass is 10.1. The van der Waals surface area contributed by atoms with E-state index < -0.39 is 18.0 Å². The SMILES string of the molecule is CCOC(=O)N1CCN(C(=O)c2cccc(NC(=O)N[C@H](CCc3ccccc3)C(N)=O)c2)CC1. The summed E-state index contributed by atoms with van der Waals surface area (Å²) in [5, 5.41) is 5.27. The molecule has 0 aromatic heterocycles. The summed E-state index contributed by atoms with van der Waals surface area (Å²) in [7, 11) is 0. The van der Waals surface area contributed by atoms with Crippen molar-refractivity contribution >= 4 is 29.6 Å². The molecule has 1 aliphatic rings. The molecule has 5 amide bonds. The first-order valence-corrected chi connectivity index (χ1v) is 11.6. The standard InChI is InChI=1S/C25H31N5O5/c1-2-35-25(34)30-15-13-29(14-16-30)23(32)19-9-6-10-20(17-19)27-24(33)28-21(22(26)31)12-11-18-7-4-3-5-8-18/h3-10,17,21H,2,11-16H2,1H3,(H2,26,31)(H2,27,28,33)/t21-/m1/s1. The molecule has 2 aromatic carbocycles. The molecule has 0 bridgehead atoms. The molecule has 3 rings (SSSR count). The van der Waals surface area contributed by atoms with Crippen LogP contribution in [0.3, 0.4) is 0 Å². The van der Waals surface area contributed by atoms with Crippen molar-refractivity contribution in [1.29, 1.82) is 0 Å². The zero-order chi connectivity index (χ0) is 25.2. The molecule has 0 spiro atoms. The quantitative estimate of drug-likeness (QED) is 0.531. The van der Waals surface area contributed by atoms with Crippen molar-refractivity contribution < 1.29 is 23.9 Å². The first-order valence-electron chi connectivity index (χ1n) is 11.6. The van der Waals surface area contributed by atoms with Crippen LogP contribution >= 0.6 is 0 Å². The van der Waals surface area contributed by atoms with Crippen LogP contribution in [-0.2, 0) is 16.0 Å². The van der Waals surface area contributed by atoms with Crippen LogP contribution in [0.25, 0.3) is 0 Å². The Kier molecular flexibility index (Phi) is 9.05. The van der Waals surface area contributed by atoms with E-state index in [0.717, 1.165) is 5.56 Å². The Labute approximate surface area is 204 Å². The second-order valence-electron chi connectivity index (χ2n) is 8.14. The zero-order valence-corrected chi connectivity index (χ0v) is 19.7. The van der Waals surface area contributed by atoms with E-state index in [0.29, 0.717) is 56.9 Å². The number of piperazine rings is 1. The molecule has 1 atom stereocenters. The summed E-state index contributed by atoms with van der Waals surface area (Å²) in [6.45, 7) is 3.61. The minimum Gasteiger partial charge on any atom is -0.450 e. The Bertz CT molecular complexity index is 1040. The van der Waals surface area contributed by atoms with E-state index in [9.17, 15) is 19.2 Å². The van der Waals surface area contributed by atoms with Gasteiger partial charge in [-0.15, -0.1) is 0 Å². The number of nitrogens with one attached hydrogen (secondary N) is 2. The van der Waals surface area contributed by atoms with Gasteiger partial charge in [-0.25, -0.2) is 9.59 Å². The fourth-order valence-electron chi connectivity index (χ4n) is 3.79. The molecule has 0 saturated carbocycles. The summed E-state index contributed by atoms with van der Waals surface area (Å²) in [6, 6.07) is 14.7. The number of hydrogen-bond acceptors (Lipinski definition) is 5. The maximum absolute atomic E-state index is 12.9. The third-order valence-corrected chi connectivity index (χ3v) is 5.67. The van der Waals surface area contributed by atoms with Gasteiger partial charge < -0.3 is 30.9 Å². The number of nitrogens with two attached hydrogens (primary N) is 1. The third kappa shape index (κ3) is 7.46. The molecule has 4 N–H and O–H groups in total. The Morgan fingerprint density at radius 2 is 1.66 bits per heavy atom. The van der Waals surface area contributed by atoms with Crippen LogP contribution in [0, 0.1) is 0 Å². The maximum Gasteiger partial charge on any atom is 0.409 e. The minimum absolute atomic E-state index is 0.199. The Morgan fingerprint density at radius 3 is 2.31 bits per heavy atom. The monoisotopic (exact) mass is 481 g/mol. The van der Waals surface area contributed by atoms with Gasteiger partial charge >= 0.3 is 12.1 Å². The minimum atomic E-state index is -0.837. The summed E-state index contributed by atoms with van der Waals surface area (Å²) < 4.78 is 5.00. The molecule has 186 valence electrons. The molecule has 0 radical (unpaired) electrons. The van der Waals surface area contributed by atoms with E-state index in [1.54, 1.807) is 41.0 Å². The van der Waals surface area contributed by atoms with E-state index >= 15 is 0 Å². The van der Waals surface area contributed by atoms with Crippen molar-refractivity contribution in [2.45, 2.75) is 25.8 Å². The topological polar surface area (TPSA) is 134 Å². The second kappa shape index (κ2) is 12.4. The zero-order valence-electron chi connectivity index (χ0n) is 19.7. The van der Waals surface area contributed by atoms with E-state index in [1.807, 2.05) is 30.3 Å². The van der Waals surface area contributed by atoms with Crippen molar-refractivity contribution in [2.75, 3.05) is 38.1 Å². The van der Waals surface area contributed by atoms with Crippen LogP contribution in [-0.4, -0.2) is 72.6 Å². The number of anilines is 1. The predicted octanol–water partition coefficient (Wildman–Crippen LogP) is 2.21. The number of amides is 5. The first kappa shape index (κ1) is 25.5. The number of primary amides is 1. The van der Waals surface area contributed by atoms with Crippen molar-refractivity contribution in [3.63, 3.8) is 0 Å². The second-order valence-corrected chi connectivity index (χ2v) is 8.14. The van der Waals surface area contributed by atoms with Crippen LogP contribution < -0.4 is 16.4 Å². The summed E-state index contributed by atoms with van der Waals surface area (Å²) in [5.41, 5.74) is 7.32. The highest BCUT2D eigenvalue weighted by atomic mass is 16.6. The Balaban J connectivity index is 1.54. The number of benzene rings is 2. The van der Waals surface area contributed by atoms with Crippen molar-refractivity contribution in [3.8, 4) is 0 Å². The van der Waals surface area contributed by atoms with E-state index in [-0.39, 0.29) is 12.0 Å². The van der Waals surface area contributed by atoms with Crippen LogP contribution in [0.1, 0.15) is 29.3 Å². The number of rotatable bonds is 8. The molecule has 35 heavy (non-hydrogen) atoms. The third-order valence-electron chi connectivity index (χ3n) is 5.67. The van der Waals surface area contributed by atoms with Gasteiger partial charge in [-0.3, -0.25) is 9.59 Å². The lowest BCUT2D eigenvalue weighted by molar-refractivity contribution is -0.119. The summed E-state index contributed by atoms with van der Waals surface area (Å²) >= 11 is 0. The van der Waals surface area contributed by atoms with Gasteiger partial charge in [-0.2, -0.15) is 0 Å². The summed E-state index contributed by atoms with van der Waals surface area (Å²) in [6.07, 6.45) is 0.570. The number of ether oxygens (including phenoxy) is 1. The largest absolute Gasteiger partial charge is 0.450 e. The first-order chi connectivity index (χ1) is 16.9. The van der Waals surface area contributed by atoms with Gasteiger partial charge in [0.1, 0.15) is 6.04 Å². The number of carbonyl (C=O) groups is 4. The molecule has 0 aliphatic carbocycles. The van der Waals surface area contributed by atoms with Crippen LogP contribution in [0.4, 0.5) is 15.3 Å². The molecule has 1 heterocycles. The number of nitrogens with zero attached hydrogens (tertiary/aromatic N) is 2. The highest BCUT2D eigenvalue weighted by Gasteiger charge is 2.26. The number of urea groups is 1. The van der Waals surface area contributed by atoms with E-state index in [4.69, 9.17) is 10.5 Å². The van der Waals surface area contributed by atoms with Gasteiger partial charge in [-0.05, 0) is 43.5 Å². The molecule has 0 unspecified atom stereocenters. The van der Waals surface area contributed by atoms with Gasteiger partial charge in [0.2, 0.25) is 5.91 Å². The molecular formula is C25H31N5O5. The van der Waals surface area contributed by atoms with Gasteiger partial charge in [0.05, 0.1) is 6.61 Å². The van der Waals surface area contributed by atoms with Gasteiger partial charge in [-0.1, -0.05) is 36.4 Å². The summed E-state index contributed by atoms with van der Waals surface area (Å²) in [5.74, 6) is -0.822. The predicted molar refractivity (Wildman–Crippen MR) is 131 cm³/mol. The Hall–Kier alpha value is -4.08. The fourth-order valence-corrected chi connectivity index (χ4v) is 3.79. The van der Waals surface area contributed by atoms with Crippen LogP contribution in [0.5, 0.6) is 0 Å². The summed E-state index contributed by atoms with van der Waals surface area (Å²) in [4.78, 5) is 52.3. The molecule has 1 saturated heterocycles. The highest BCUT2D eigenvalue weighted by Crippen LogP contribution is 2.15. The average molecular weight is 482 g/mol.